The van der Waals surface area contributed by atoms with E-state index in [2.05, 4.69) is 46.5 Å². The highest BCUT2D eigenvalue weighted by Gasteiger charge is 2.38. The first-order valence-corrected chi connectivity index (χ1v) is 7.78. The highest BCUT2D eigenvalue weighted by molar-refractivity contribution is 5.82. The van der Waals surface area contributed by atoms with Gasteiger partial charge in [-0.15, -0.1) is 0 Å². The zero-order valence-corrected chi connectivity index (χ0v) is 14.5. The molecule has 0 aliphatic rings. The van der Waals surface area contributed by atoms with Crippen LogP contribution in [0.2, 0.25) is 0 Å². The summed E-state index contributed by atoms with van der Waals surface area (Å²) < 4.78 is 39.8. The number of hydrogen-bond acceptors (Lipinski definition) is 1. The van der Waals surface area contributed by atoms with Gasteiger partial charge in [0, 0.05) is 17.0 Å². The lowest BCUT2D eigenvalue weighted by molar-refractivity contribution is -0.136. The van der Waals surface area contributed by atoms with Crippen molar-refractivity contribution >= 4 is 10.9 Å². The fourth-order valence-corrected chi connectivity index (χ4v) is 3.74. The van der Waals surface area contributed by atoms with Gasteiger partial charge in [-0.2, -0.15) is 13.2 Å². The maximum Gasteiger partial charge on any atom is 0.418 e. The molecule has 23 heavy (non-hydrogen) atoms. The van der Waals surface area contributed by atoms with Crippen molar-refractivity contribution < 1.29 is 13.2 Å². The van der Waals surface area contributed by atoms with Gasteiger partial charge in [-0.05, 0) is 23.0 Å². The van der Waals surface area contributed by atoms with E-state index in [0.29, 0.717) is 11.1 Å². The third-order valence-corrected chi connectivity index (χ3v) is 4.08. The Bertz CT molecular complexity index is 689. The van der Waals surface area contributed by atoms with Crippen LogP contribution in [0.4, 0.5) is 13.2 Å². The molecule has 0 bridgehead atoms. The molecule has 0 radical (unpaired) electrons. The van der Waals surface area contributed by atoms with Crippen LogP contribution in [0.5, 0.6) is 0 Å². The average molecular weight is 323 g/mol. The fraction of sp³-hybridized carbons (Fsp3) is 0.526. The van der Waals surface area contributed by atoms with Crippen molar-refractivity contribution in [2.45, 2.75) is 53.6 Å². The number of fused-ring (bicyclic) bond motifs is 1. The van der Waals surface area contributed by atoms with Crippen molar-refractivity contribution in [3.8, 4) is 0 Å². The smallest absolute Gasteiger partial charge is 0.252 e. The van der Waals surface area contributed by atoms with Crippen LogP contribution in [0.3, 0.4) is 0 Å². The molecule has 126 valence electrons. The second-order valence-electron chi connectivity index (χ2n) is 8.28. The maximum atomic E-state index is 13.3. The molecule has 2 rings (SSSR count). The van der Waals surface area contributed by atoms with Crippen molar-refractivity contribution in [2.75, 3.05) is 0 Å². The number of aromatic nitrogens is 1. The molecule has 1 aromatic carbocycles. The number of nitrogens with zero attached hydrogens (tertiary/aromatic N) is 1. The van der Waals surface area contributed by atoms with Crippen LogP contribution >= 0.6 is 0 Å². The minimum Gasteiger partial charge on any atom is -0.252 e. The first-order valence-electron chi connectivity index (χ1n) is 7.78. The molecule has 0 spiro atoms. The summed E-state index contributed by atoms with van der Waals surface area (Å²) in [5.41, 5.74) is -0.123. The van der Waals surface area contributed by atoms with Crippen LogP contribution in [-0.4, -0.2) is 4.98 Å². The lowest BCUT2D eigenvalue weighted by Gasteiger charge is -2.40. The van der Waals surface area contributed by atoms with Gasteiger partial charge in [0.2, 0.25) is 0 Å². The Morgan fingerprint density at radius 2 is 1.39 bits per heavy atom. The summed E-state index contributed by atoms with van der Waals surface area (Å²) in [6.45, 7) is 12.6. The Balaban J connectivity index is 2.72. The molecule has 4 heteroatoms. The van der Waals surface area contributed by atoms with E-state index in [1.807, 2.05) is 6.07 Å². The summed E-state index contributed by atoms with van der Waals surface area (Å²) in [5, 5.41) is 0.519. The second kappa shape index (κ2) is 5.50. The zero-order valence-electron chi connectivity index (χ0n) is 14.5. The van der Waals surface area contributed by atoms with Crippen molar-refractivity contribution in [1.29, 1.82) is 0 Å². The minimum atomic E-state index is -4.40. The number of alkyl halides is 3. The van der Waals surface area contributed by atoms with E-state index >= 15 is 0 Å². The predicted octanol–water partition coefficient (Wildman–Crippen LogP) is 6.43. The lowest BCUT2D eigenvalue weighted by Crippen LogP contribution is -2.31. The molecule has 0 fully saturated rings. The monoisotopic (exact) mass is 323 g/mol. The summed E-state index contributed by atoms with van der Waals surface area (Å²) in [7, 11) is 0. The van der Waals surface area contributed by atoms with Crippen molar-refractivity contribution in [1.82, 2.24) is 4.98 Å². The van der Waals surface area contributed by atoms with Gasteiger partial charge in [0.15, 0.2) is 0 Å². The number of benzene rings is 1. The van der Waals surface area contributed by atoms with Gasteiger partial charge in [-0.25, -0.2) is 0 Å². The molecule has 0 aliphatic carbocycles. The lowest BCUT2D eigenvalue weighted by atomic mass is 9.65. The van der Waals surface area contributed by atoms with Crippen LogP contribution in [0.1, 0.15) is 58.7 Å². The van der Waals surface area contributed by atoms with Crippen LogP contribution in [-0.2, 0) is 6.18 Å². The van der Waals surface area contributed by atoms with E-state index < -0.39 is 11.7 Å². The summed E-state index contributed by atoms with van der Waals surface area (Å²) in [4.78, 5) is 4.45. The van der Waals surface area contributed by atoms with Gasteiger partial charge in [0.25, 0.3) is 0 Å². The van der Waals surface area contributed by atoms with Crippen LogP contribution in [0, 0.1) is 10.8 Å². The summed E-state index contributed by atoms with van der Waals surface area (Å²) in [6, 6.07) is 7.81. The molecule has 1 nitrogen and oxygen atoms in total. The van der Waals surface area contributed by atoms with E-state index in [1.54, 1.807) is 12.1 Å². The number of para-hydroxylation sites is 1. The highest BCUT2D eigenvalue weighted by atomic mass is 19.4. The first-order chi connectivity index (χ1) is 10.3. The Morgan fingerprint density at radius 1 is 0.826 bits per heavy atom. The Kier molecular flexibility index (Phi) is 4.25. The molecule has 0 saturated carbocycles. The highest BCUT2D eigenvalue weighted by Crippen LogP contribution is 2.47. The molecule has 0 N–H and O–H groups in total. The Morgan fingerprint density at radius 3 is 1.87 bits per heavy atom. The van der Waals surface area contributed by atoms with Gasteiger partial charge < -0.3 is 0 Å². The Labute approximate surface area is 135 Å². The molecule has 0 aliphatic heterocycles. The van der Waals surface area contributed by atoms with Crippen LogP contribution < -0.4 is 0 Å². The summed E-state index contributed by atoms with van der Waals surface area (Å²) in [5.74, 6) is 0.0423. The van der Waals surface area contributed by atoms with Crippen LogP contribution in [0.15, 0.2) is 30.3 Å². The quantitative estimate of drug-likeness (QED) is 0.589. The Hall–Kier alpha value is -1.58. The van der Waals surface area contributed by atoms with Gasteiger partial charge >= 0.3 is 6.18 Å². The standard InChI is InChI=1S/C19H24F3N/c1-17(2,3)16(18(4,5)6)14-11-10-12-8-7-9-13(15(12)23-14)19(20,21)22/h7-11,16H,1-6H3. The third-order valence-electron chi connectivity index (χ3n) is 4.08. The molecule has 1 heterocycles. The van der Waals surface area contributed by atoms with Crippen LogP contribution in [0.25, 0.3) is 10.9 Å². The molecule has 0 amide bonds. The molecule has 0 atom stereocenters. The van der Waals surface area contributed by atoms with E-state index in [0.717, 1.165) is 6.07 Å². The number of rotatable bonds is 1. The van der Waals surface area contributed by atoms with Crippen molar-refractivity contribution in [3.63, 3.8) is 0 Å². The number of pyridine rings is 1. The number of halogens is 3. The third kappa shape index (κ3) is 3.67. The molecular formula is C19H24F3N. The zero-order chi connectivity index (χ0) is 17.6. The molecule has 0 unspecified atom stereocenters. The summed E-state index contributed by atoms with van der Waals surface area (Å²) >= 11 is 0. The topological polar surface area (TPSA) is 12.9 Å². The molecule has 2 aromatic rings. The van der Waals surface area contributed by atoms with Gasteiger partial charge in [-0.3, -0.25) is 4.98 Å². The molecule has 1 aromatic heterocycles. The van der Waals surface area contributed by atoms with E-state index in [-0.39, 0.29) is 22.3 Å². The first kappa shape index (κ1) is 17.8. The van der Waals surface area contributed by atoms with Gasteiger partial charge in [-0.1, -0.05) is 59.7 Å². The van der Waals surface area contributed by atoms with Gasteiger partial charge in [0.05, 0.1) is 11.1 Å². The van der Waals surface area contributed by atoms with Gasteiger partial charge in [0.1, 0.15) is 0 Å². The maximum absolute atomic E-state index is 13.3. The fourth-order valence-electron chi connectivity index (χ4n) is 3.74. The van der Waals surface area contributed by atoms with E-state index in [1.165, 1.54) is 6.07 Å². The number of hydrogen-bond donors (Lipinski definition) is 0. The normalized spacial score (nSPS) is 13.8. The average Bonchev–Trinajstić information content (AvgIpc) is 2.33. The minimum absolute atomic E-state index is 0.0380. The molecular weight excluding hydrogens is 299 g/mol. The SMILES string of the molecule is CC(C)(C)C(c1ccc2cccc(C(F)(F)F)c2n1)C(C)(C)C. The molecule has 0 saturated heterocycles. The van der Waals surface area contributed by atoms with Crippen molar-refractivity contribution in [2.24, 2.45) is 10.8 Å². The largest absolute Gasteiger partial charge is 0.418 e. The van der Waals surface area contributed by atoms with E-state index in [4.69, 9.17) is 0 Å². The summed E-state index contributed by atoms with van der Waals surface area (Å²) in [6.07, 6.45) is -4.40. The van der Waals surface area contributed by atoms with Crippen molar-refractivity contribution in [3.05, 3.63) is 41.6 Å². The van der Waals surface area contributed by atoms with E-state index in [9.17, 15) is 13.2 Å². The second-order valence-corrected chi connectivity index (χ2v) is 8.28. The predicted molar refractivity (Wildman–Crippen MR) is 88.4 cm³/mol.